The lowest BCUT2D eigenvalue weighted by Crippen LogP contribution is -2.23. The predicted octanol–water partition coefficient (Wildman–Crippen LogP) is 6.04. The number of nitrogens with zero attached hydrogens (tertiary/aromatic N) is 2. The Morgan fingerprint density at radius 2 is 1.95 bits per heavy atom. The number of pyridine rings is 1. The van der Waals surface area contributed by atoms with Crippen molar-refractivity contribution in [3.63, 3.8) is 0 Å². The van der Waals surface area contributed by atoms with Gasteiger partial charge < -0.3 is 14.9 Å². The highest BCUT2D eigenvalue weighted by Crippen LogP contribution is 2.48. The summed E-state index contributed by atoms with van der Waals surface area (Å²) in [5.41, 5.74) is 6.36. The Bertz CT molecular complexity index is 1420. The number of carbonyl (C=O) groups is 1. The number of hydrogen-bond donors (Lipinski definition) is 2. The predicted molar refractivity (Wildman–Crippen MR) is 151 cm³/mol. The van der Waals surface area contributed by atoms with E-state index in [9.17, 15) is 19.4 Å². The van der Waals surface area contributed by atoms with Gasteiger partial charge in [-0.2, -0.15) is 0 Å². The van der Waals surface area contributed by atoms with Gasteiger partial charge in [-0.25, -0.2) is 4.39 Å². The molecule has 2 fully saturated rings. The molecule has 7 heteroatoms. The van der Waals surface area contributed by atoms with Crippen molar-refractivity contribution in [2.45, 2.75) is 70.6 Å². The molecule has 3 aliphatic rings. The third-order valence-electron chi connectivity index (χ3n) is 8.90. The molecule has 3 aromatic rings. The minimum atomic E-state index is -0.757. The van der Waals surface area contributed by atoms with Crippen molar-refractivity contribution in [1.82, 2.24) is 9.88 Å². The fourth-order valence-electron chi connectivity index (χ4n) is 6.56. The minimum Gasteiger partial charge on any atom is -0.485 e. The van der Waals surface area contributed by atoms with Crippen molar-refractivity contribution in [1.29, 1.82) is 0 Å². The van der Waals surface area contributed by atoms with Crippen molar-refractivity contribution < 1.29 is 24.1 Å². The number of aliphatic hydroxyl groups is 1. The summed E-state index contributed by atoms with van der Waals surface area (Å²) in [7, 11) is 0. The van der Waals surface area contributed by atoms with E-state index in [1.165, 1.54) is 6.20 Å². The van der Waals surface area contributed by atoms with Gasteiger partial charge in [-0.05, 0) is 90.8 Å². The van der Waals surface area contributed by atoms with E-state index in [-0.39, 0.29) is 23.9 Å². The summed E-state index contributed by atoms with van der Waals surface area (Å²) in [5, 5.41) is 19.8. The number of aliphatic hydroxyl groups excluding tert-OH is 1. The van der Waals surface area contributed by atoms with Crippen molar-refractivity contribution in [2.24, 2.45) is 11.8 Å². The number of benzene rings is 2. The molecule has 2 aromatic carbocycles. The van der Waals surface area contributed by atoms with E-state index in [1.807, 2.05) is 26.0 Å². The molecular formula is C33H37FN2O4. The van der Waals surface area contributed by atoms with Crippen LogP contribution >= 0.6 is 0 Å². The number of aromatic nitrogens is 1. The van der Waals surface area contributed by atoms with Crippen molar-refractivity contribution >= 4 is 5.97 Å². The van der Waals surface area contributed by atoms with E-state index in [0.717, 1.165) is 77.9 Å². The zero-order valence-electron chi connectivity index (χ0n) is 23.1. The third-order valence-corrected chi connectivity index (χ3v) is 8.90. The molecule has 210 valence electrons. The second-order valence-electron chi connectivity index (χ2n) is 11.9. The Balaban J connectivity index is 1.31. The number of aryl methyl sites for hydroxylation is 2. The molecule has 0 radical (unpaired) electrons. The SMILES string of the molecule is Cc1cc(-c2ccc(C3CCc4ccc([C@H](C5CC5)[C@H](C)C(=O)O)cc4O3)cc2CN2CC[C@@H](O)C2)c(F)cn1. The van der Waals surface area contributed by atoms with Gasteiger partial charge in [-0.1, -0.05) is 37.3 Å². The molecule has 1 aromatic heterocycles. The van der Waals surface area contributed by atoms with E-state index in [2.05, 4.69) is 34.1 Å². The van der Waals surface area contributed by atoms with Crippen LogP contribution in [0.2, 0.25) is 0 Å². The number of fused-ring (bicyclic) bond motifs is 1. The fraction of sp³-hybridized carbons (Fsp3) is 0.455. The standard InChI is InChI=1S/C33H37FN2O4/c1-19-13-28(29(34)16-35-19)27-9-7-23(14-25(27)17-36-12-11-26(37)18-36)30-10-8-21-3-6-24(15-31(21)40-30)32(22-4-5-22)20(2)33(38)39/h3,6-7,9,13-16,20,22,26,30,32,37H,4-5,8,10-12,17-18H2,1-2H3,(H,38,39)/t20-,26+,30?,32-/m0/s1. The summed E-state index contributed by atoms with van der Waals surface area (Å²) >= 11 is 0. The van der Waals surface area contributed by atoms with Gasteiger partial charge in [0.05, 0.1) is 18.2 Å². The monoisotopic (exact) mass is 544 g/mol. The first kappa shape index (κ1) is 26.9. The summed E-state index contributed by atoms with van der Waals surface area (Å²) in [5.74, 6) is -0.306. The molecule has 1 saturated heterocycles. The Hall–Kier alpha value is -3.29. The van der Waals surface area contributed by atoms with E-state index < -0.39 is 11.9 Å². The van der Waals surface area contributed by atoms with Crippen LogP contribution in [-0.2, 0) is 17.8 Å². The number of halogens is 1. The molecule has 1 saturated carbocycles. The average molecular weight is 545 g/mol. The van der Waals surface area contributed by atoms with Crippen molar-refractivity contribution in [2.75, 3.05) is 13.1 Å². The largest absolute Gasteiger partial charge is 0.485 e. The number of rotatable bonds is 8. The van der Waals surface area contributed by atoms with Crippen LogP contribution < -0.4 is 4.74 Å². The summed E-state index contributed by atoms with van der Waals surface area (Å²) in [4.78, 5) is 18.2. The Labute approximate surface area is 234 Å². The van der Waals surface area contributed by atoms with Crippen LogP contribution in [0.1, 0.15) is 72.6 Å². The van der Waals surface area contributed by atoms with Gasteiger partial charge in [0.15, 0.2) is 0 Å². The number of ether oxygens (including phenoxy) is 1. The smallest absolute Gasteiger partial charge is 0.306 e. The molecule has 0 amide bonds. The minimum absolute atomic E-state index is 0.00723. The molecule has 40 heavy (non-hydrogen) atoms. The number of hydrogen-bond acceptors (Lipinski definition) is 5. The highest BCUT2D eigenvalue weighted by Gasteiger charge is 2.39. The van der Waals surface area contributed by atoms with E-state index in [1.54, 1.807) is 6.07 Å². The highest BCUT2D eigenvalue weighted by atomic mass is 19.1. The molecule has 6 rings (SSSR count). The van der Waals surface area contributed by atoms with E-state index >= 15 is 0 Å². The summed E-state index contributed by atoms with van der Waals surface area (Å²) in [6.07, 6.45) is 5.38. The van der Waals surface area contributed by atoms with Crippen LogP contribution in [0.15, 0.2) is 48.7 Å². The summed E-state index contributed by atoms with van der Waals surface area (Å²) in [6.45, 7) is 5.69. The molecule has 1 aliphatic carbocycles. The zero-order chi connectivity index (χ0) is 28.0. The first-order valence-corrected chi connectivity index (χ1v) is 14.4. The molecule has 4 atom stereocenters. The Morgan fingerprint density at radius 3 is 2.67 bits per heavy atom. The summed E-state index contributed by atoms with van der Waals surface area (Å²) < 4.78 is 21.5. The van der Waals surface area contributed by atoms with E-state index in [0.29, 0.717) is 24.6 Å². The van der Waals surface area contributed by atoms with Gasteiger partial charge in [0.1, 0.15) is 17.7 Å². The van der Waals surface area contributed by atoms with Crippen LogP contribution in [0.25, 0.3) is 11.1 Å². The quantitative estimate of drug-likeness (QED) is 0.360. The number of aliphatic carboxylic acids is 1. The topological polar surface area (TPSA) is 82.9 Å². The first-order chi connectivity index (χ1) is 19.3. The lowest BCUT2D eigenvalue weighted by Gasteiger charge is -2.29. The fourth-order valence-corrected chi connectivity index (χ4v) is 6.56. The molecule has 1 unspecified atom stereocenters. The van der Waals surface area contributed by atoms with Gasteiger partial charge in [-0.3, -0.25) is 14.7 Å². The van der Waals surface area contributed by atoms with Gasteiger partial charge >= 0.3 is 5.97 Å². The van der Waals surface area contributed by atoms with Gasteiger partial charge in [0, 0.05) is 30.9 Å². The van der Waals surface area contributed by atoms with Gasteiger partial charge in [0.25, 0.3) is 0 Å². The lowest BCUT2D eigenvalue weighted by molar-refractivity contribution is -0.142. The maximum Gasteiger partial charge on any atom is 0.306 e. The number of likely N-dealkylation sites (tertiary alicyclic amines) is 1. The molecule has 6 nitrogen and oxygen atoms in total. The normalized spacial score (nSPS) is 22.4. The molecular weight excluding hydrogens is 507 g/mol. The molecule has 2 aliphatic heterocycles. The van der Waals surface area contributed by atoms with Gasteiger partial charge in [0.2, 0.25) is 0 Å². The van der Waals surface area contributed by atoms with Gasteiger partial charge in [-0.15, -0.1) is 0 Å². The van der Waals surface area contributed by atoms with Crippen molar-refractivity contribution in [3.05, 3.63) is 82.4 Å². The van der Waals surface area contributed by atoms with Crippen molar-refractivity contribution in [3.8, 4) is 16.9 Å². The molecule has 0 bridgehead atoms. The Morgan fingerprint density at radius 1 is 1.12 bits per heavy atom. The molecule has 0 spiro atoms. The second-order valence-corrected chi connectivity index (χ2v) is 11.9. The number of β-amino-alcohol motifs (C(OH)–C–C–N with tert-alkyl or cyclic N) is 1. The van der Waals surface area contributed by atoms with Crippen LogP contribution in [-0.4, -0.2) is 45.3 Å². The van der Waals surface area contributed by atoms with Crippen LogP contribution in [0.4, 0.5) is 4.39 Å². The van der Waals surface area contributed by atoms with Crippen LogP contribution in [0.5, 0.6) is 5.75 Å². The lowest BCUT2D eigenvalue weighted by atomic mass is 9.82. The summed E-state index contributed by atoms with van der Waals surface area (Å²) in [6, 6.07) is 14.2. The number of carboxylic acids is 1. The Kier molecular flexibility index (Phi) is 7.36. The maximum atomic E-state index is 14.9. The van der Waals surface area contributed by atoms with E-state index in [4.69, 9.17) is 4.74 Å². The van der Waals surface area contributed by atoms with Crippen LogP contribution in [0, 0.1) is 24.6 Å². The number of carboxylic acid groups (broad SMARTS) is 1. The second kappa shape index (κ2) is 10.9. The molecule has 3 heterocycles. The average Bonchev–Trinajstić information content (AvgIpc) is 3.69. The molecule has 2 N–H and O–H groups in total. The third kappa shape index (κ3) is 5.50. The first-order valence-electron chi connectivity index (χ1n) is 14.4. The maximum absolute atomic E-state index is 14.9. The van der Waals surface area contributed by atoms with Crippen LogP contribution in [0.3, 0.4) is 0 Å². The highest BCUT2D eigenvalue weighted by molar-refractivity contribution is 5.71. The zero-order valence-corrected chi connectivity index (χ0v) is 23.1.